The van der Waals surface area contributed by atoms with Gasteiger partial charge in [-0.25, -0.2) is 0 Å². The summed E-state index contributed by atoms with van der Waals surface area (Å²) in [7, 11) is 0. The lowest BCUT2D eigenvalue weighted by atomic mass is 10.3. The lowest BCUT2D eigenvalue weighted by molar-refractivity contribution is 0.127. The van der Waals surface area contributed by atoms with Crippen LogP contribution in [-0.4, -0.2) is 25.5 Å². The summed E-state index contributed by atoms with van der Waals surface area (Å²) in [4.78, 5) is 5.09. The molecule has 0 fully saturated rings. The largest absolute Gasteiger partial charge is 0.490 e. The molecule has 0 heterocycles. The fourth-order valence-electron chi connectivity index (χ4n) is 1.43. The van der Waals surface area contributed by atoms with Gasteiger partial charge in [0.25, 0.3) is 0 Å². The van der Waals surface area contributed by atoms with Crippen molar-refractivity contribution in [3.8, 4) is 11.5 Å². The third-order valence-corrected chi connectivity index (χ3v) is 3.54. The molecule has 0 saturated carbocycles. The Kier molecular flexibility index (Phi) is 10.0. The summed E-state index contributed by atoms with van der Waals surface area (Å²) >= 11 is 18.9. The van der Waals surface area contributed by atoms with E-state index < -0.39 is 0 Å². The molecule has 0 atom stereocenters. The van der Waals surface area contributed by atoms with Gasteiger partial charge in [0, 0.05) is 18.6 Å². The van der Waals surface area contributed by atoms with Crippen molar-refractivity contribution in [3.05, 3.63) is 31.6 Å². The Balaban J connectivity index is 2.50. The van der Waals surface area contributed by atoms with Gasteiger partial charge in [0.2, 0.25) is 0 Å². The van der Waals surface area contributed by atoms with E-state index in [1.165, 1.54) is 0 Å². The molecule has 0 amide bonds. The Morgan fingerprint density at radius 1 is 1.13 bits per heavy atom. The summed E-state index contributed by atoms with van der Waals surface area (Å²) in [5.41, 5.74) is 0.870. The summed E-state index contributed by atoms with van der Waals surface area (Å²) in [5.74, 6) is 1.01. The van der Waals surface area contributed by atoms with Gasteiger partial charge in [0.15, 0.2) is 5.75 Å². The van der Waals surface area contributed by atoms with Crippen molar-refractivity contribution < 1.29 is 14.3 Å². The van der Waals surface area contributed by atoms with Crippen LogP contribution in [0.5, 0.6) is 11.5 Å². The second-order valence-electron chi connectivity index (χ2n) is 4.59. The fraction of sp³-hybridized carbons (Fsp3) is 0.400. The molecule has 1 rings (SSSR count). The summed E-state index contributed by atoms with van der Waals surface area (Å²) in [6.07, 6.45) is 2.48. The summed E-state index contributed by atoms with van der Waals surface area (Å²) < 4.78 is 11.9. The molecule has 0 unspecified atom stereocenters. The van der Waals surface area contributed by atoms with Crippen molar-refractivity contribution in [3.63, 3.8) is 0 Å². The molecule has 0 spiro atoms. The minimum Gasteiger partial charge on any atom is -0.490 e. The van der Waals surface area contributed by atoms with Crippen LogP contribution in [0.2, 0.25) is 10.0 Å². The van der Waals surface area contributed by atoms with Gasteiger partial charge in [-0.1, -0.05) is 28.4 Å². The van der Waals surface area contributed by atoms with E-state index in [9.17, 15) is 0 Å². The van der Waals surface area contributed by atoms with Gasteiger partial charge in [0.1, 0.15) is 19.0 Å². The van der Waals surface area contributed by atoms with Crippen molar-refractivity contribution >= 4 is 60.8 Å². The van der Waals surface area contributed by atoms with E-state index in [1.54, 1.807) is 12.1 Å². The van der Waals surface area contributed by atoms with Crippen LogP contribution in [0, 0.1) is 0 Å². The van der Waals surface area contributed by atoms with E-state index in [0.717, 1.165) is 9.10 Å². The highest BCUT2D eigenvalue weighted by atomic mass is 79.9. The van der Waals surface area contributed by atoms with E-state index in [0.29, 0.717) is 47.8 Å². The van der Waals surface area contributed by atoms with Gasteiger partial charge >= 0.3 is 0 Å². The van der Waals surface area contributed by atoms with Crippen LogP contribution in [0.1, 0.15) is 20.3 Å². The van der Waals surface area contributed by atoms with Crippen LogP contribution >= 0.6 is 55.1 Å². The van der Waals surface area contributed by atoms with Gasteiger partial charge in [-0.3, -0.25) is 0 Å². The lowest BCUT2D eigenvalue weighted by Crippen LogP contribution is -2.03. The summed E-state index contributed by atoms with van der Waals surface area (Å²) in [6, 6.07) is 3.33. The Bertz CT molecular complexity index is 549. The van der Waals surface area contributed by atoms with E-state index in [-0.39, 0.29) is 0 Å². The highest BCUT2D eigenvalue weighted by Crippen LogP contribution is 2.37. The first kappa shape index (κ1) is 20.6. The quantitative estimate of drug-likeness (QED) is 0.236. The van der Waals surface area contributed by atoms with Crippen LogP contribution in [0.15, 0.2) is 26.8 Å². The average molecular weight is 490 g/mol. The van der Waals surface area contributed by atoms with Crippen molar-refractivity contribution in [2.75, 3.05) is 19.8 Å². The number of benzene rings is 1. The molecule has 8 heteroatoms. The topological polar surface area (TPSA) is 40.0 Å². The predicted molar refractivity (Wildman–Crippen MR) is 103 cm³/mol. The third kappa shape index (κ3) is 8.84. The number of nitrogens with zero attached hydrogens (tertiary/aromatic N) is 1. The standard InChI is InChI=1S/C15H17Br2Cl2NO3/c1-10(2)20-23-6-3-5-22-15-12(18)8-11(9-13(15)19)21-7-4-14(16)17/h4,8-9H,3,5-7H2,1-2H3. The monoisotopic (exact) mass is 487 g/mol. The zero-order valence-corrected chi connectivity index (χ0v) is 17.4. The maximum absolute atomic E-state index is 6.18. The van der Waals surface area contributed by atoms with Crippen LogP contribution < -0.4 is 9.47 Å². The molecular weight excluding hydrogens is 473 g/mol. The zero-order valence-electron chi connectivity index (χ0n) is 12.7. The summed E-state index contributed by atoms with van der Waals surface area (Å²) in [6.45, 7) is 5.01. The van der Waals surface area contributed by atoms with E-state index in [1.807, 2.05) is 19.9 Å². The molecule has 0 aliphatic carbocycles. The van der Waals surface area contributed by atoms with Crippen LogP contribution in [0.4, 0.5) is 0 Å². The van der Waals surface area contributed by atoms with Crippen molar-refractivity contribution in [1.29, 1.82) is 0 Å². The Hall–Kier alpha value is -0.430. The third-order valence-electron chi connectivity index (χ3n) is 2.33. The average Bonchev–Trinajstić information content (AvgIpc) is 2.44. The van der Waals surface area contributed by atoms with Gasteiger partial charge in [-0.05, 0) is 51.8 Å². The maximum Gasteiger partial charge on any atom is 0.156 e. The molecule has 128 valence electrons. The number of halogens is 4. The molecule has 0 bridgehead atoms. The van der Waals surface area contributed by atoms with Crippen LogP contribution in [-0.2, 0) is 4.84 Å². The highest BCUT2D eigenvalue weighted by Gasteiger charge is 2.10. The van der Waals surface area contributed by atoms with E-state index in [2.05, 4.69) is 37.0 Å². The molecule has 23 heavy (non-hydrogen) atoms. The molecule has 1 aromatic carbocycles. The number of hydrogen-bond donors (Lipinski definition) is 0. The maximum atomic E-state index is 6.18. The predicted octanol–water partition coefficient (Wildman–Crippen LogP) is 6.18. The Morgan fingerprint density at radius 3 is 2.35 bits per heavy atom. The van der Waals surface area contributed by atoms with E-state index in [4.69, 9.17) is 37.5 Å². The molecule has 0 aliphatic rings. The SMILES string of the molecule is CC(C)=NOCCCOc1c(Cl)cc(OCC=C(Br)Br)cc1Cl. The highest BCUT2D eigenvalue weighted by molar-refractivity contribution is 9.28. The number of oxime groups is 1. The smallest absolute Gasteiger partial charge is 0.156 e. The van der Waals surface area contributed by atoms with Gasteiger partial charge < -0.3 is 14.3 Å². The first-order valence-corrected chi connectivity index (χ1v) is 9.13. The molecule has 0 saturated heterocycles. The zero-order chi connectivity index (χ0) is 17.2. The number of hydrogen-bond acceptors (Lipinski definition) is 4. The second-order valence-corrected chi connectivity index (χ2v) is 8.18. The van der Waals surface area contributed by atoms with Crippen LogP contribution in [0.3, 0.4) is 0 Å². The van der Waals surface area contributed by atoms with Crippen LogP contribution in [0.25, 0.3) is 0 Å². The van der Waals surface area contributed by atoms with Gasteiger partial charge in [-0.15, -0.1) is 0 Å². The minimum atomic E-state index is 0.382. The first-order valence-electron chi connectivity index (χ1n) is 6.79. The number of rotatable bonds is 9. The molecule has 4 nitrogen and oxygen atoms in total. The fourth-order valence-corrected chi connectivity index (χ4v) is 2.27. The Labute approximate surface area is 163 Å². The van der Waals surface area contributed by atoms with Gasteiger partial charge in [-0.2, -0.15) is 0 Å². The minimum absolute atomic E-state index is 0.382. The first-order chi connectivity index (χ1) is 10.9. The number of ether oxygens (including phenoxy) is 2. The van der Waals surface area contributed by atoms with Crippen molar-refractivity contribution in [2.45, 2.75) is 20.3 Å². The molecule has 1 aromatic rings. The molecular formula is C15H17Br2Cl2NO3. The second kappa shape index (κ2) is 11.2. The molecule has 0 aliphatic heterocycles. The van der Waals surface area contributed by atoms with Crippen molar-refractivity contribution in [1.82, 2.24) is 0 Å². The van der Waals surface area contributed by atoms with E-state index >= 15 is 0 Å². The van der Waals surface area contributed by atoms with Crippen molar-refractivity contribution in [2.24, 2.45) is 5.16 Å². The normalized spacial score (nSPS) is 10.0. The van der Waals surface area contributed by atoms with Gasteiger partial charge in [0.05, 0.1) is 25.8 Å². The lowest BCUT2D eigenvalue weighted by Gasteiger charge is -2.12. The molecule has 0 aromatic heterocycles. The molecule has 0 N–H and O–H groups in total. The molecule has 0 radical (unpaired) electrons. The Morgan fingerprint density at radius 2 is 1.78 bits per heavy atom. The summed E-state index contributed by atoms with van der Waals surface area (Å²) in [5, 5.41) is 4.64.